The molecule has 0 aromatic heterocycles. The van der Waals surface area contributed by atoms with Crippen molar-refractivity contribution in [3.05, 3.63) is 0 Å². The van der Waals surface area contributed by atoms with E-state index in [4.69, 9.17) is 5.11 Å². The molecular formula is C6H14N2O4S. The van der Waals surface area contributed by atoms with E-state index in [0.29, 0.717) is 13.0 Å². The molecule has 78 valence electrons. The number of carboxylic acids is 1. The molecule has 0 aliphatic heterocycles. The predicted molar refractivity (Wildman–Crippen MR) is 47.5 cm³/mol. The second kappa shape index (κ2) is 5.15. The van der Waals surface area contributed by atoms with Gasteiger partial charge in [-0.1, -0.05) is 6.92 Å². The van der Waals surface area contributed by atoms with Crippen LogP contribution in [0.4, 0.5) is 0 Å². The molecule has 0 rings (SSSR count). The Labute approximate surface area is 77.7 Å². The highest BCUT2D eigenvalue weighted by Crippen LogP contribution is 1.92. The molecule has 0 spiro atoms. The number of aliphatic carboxylic acids is 1. The maximum absolute atomic E-state index is 11.2. The molecular weight excluding hydrogens is 196 g/mol. The predicted octanol–water partition coefficient (Wildman–Crippen LogP) is -0.753. The lowest BCUT2D eigenvalue weighted by Gasteiger charge is -2.14. The maximum atomic E-state index is 11.2. The molecule has 2 N–H and O–H groups in total. The van der Waals surface area contributed by atoms with Crippen LogP contribution in [0.15, 0.2) is 0 Å². The quantitative estimate of drug-likeness (QED) is 0.603. The zero-order valence-corrected chi connectivity index (χ0v) is 8.47. The minimum atomic E-state index is -3.61. The fraction of sp³-hybridized carbons (Fsp3) is 0.833. The van der Waals surface area contributed by atoms with E-state index in [0.717, 1.165) is 4.31 Å². The van der Waals surface area contributed by atoms with Gasteiger partial charge in [0.15, 0.2) is 0 Å². The summed E-state index contributed by atoms with van der Waals surface area (Å²) < 4.78 is 25.4. The van der Waals surface area contributed by atoms with E-state index in [1.807, 2.05) is 6.92 Å². The monoisotopic (exact) mass is 210 g/mol. The summed E-state index contributed by atoms with van der Waals surface area (Å²) in [7, 11) is -2.40. The van der Waals surface area contributed by atoms with Crippen molar-refractivity contribution in [2.24, 2.45) is 0 Å². The summed E-state index contributed by atoms with van der Waals surface area (Å²) in [6, 6.07) is 0. The Morgan fingerprint density at radius 2 is 2.08 bits per heavy atom. The molecule has 0 aliphatic carbocycles. The third-order valence-electron chi connectivity index (χ3n) is 1.30. The summed E-state index contributed by atoms with van der Waals surface area (Å²) in [5.41, 5.74) is 0. The number of hydrogen-bond donors (Lipinski definition) is 2. The van der Waals surface area contributed by atoms with Gasteiger partial charge in [-0.3, -0.25) is 4.79 Å². The smallest absolute Gasteiger partial charge is 0.318 e. The summed E-state index contributed by atoms with van der Waals surface area (Å²) in [6.07, 6.45) is 0.667. The molecule has 0 atom stereocenters. The highest BCUT2D eigenvalue weighted by Gasteiger charge is 2.18. The molecule has 0 amide bonds. The SMILES string of the molecule is CCCNS(=O)(=O)N(C)CC(=O)O. The van der Waals surface area contributed by atoms with Crippen LogP contribution in [-0.4, -0.2) is 43.9 Å². The molecule has 0 saturated heterocycles. The number of hydrogen-bond acceptors (Lipinski definition) is 3. The average Bonchev–Trinajstić information content (AvgIpc) is 1.99. The second-order valence-electron chi connectivity index (χ2n) is 2.55. The van der Waals surface area contributed by atoms with Gasteiger partial charge in [0.1, 0.15) is 6.54 Å². The van der Waals surface area contributed by atoms with Crippen molar-refractivity contribution in [1.29, 1.82) is 0 Å². The normalized spacial score (nSPS) is 11.9. The maximum Gasteiger partial charge on any atom is 0.318 e. The lowest BCUT2D eigenvalue weighted by molar-refractivity contribution is -0.137. The number of carbonyl (C=O) groups is 1. The lowest BCUT2D eigenvalue weighted by Crippen LogP contribution is -2.41. The molecule has 7 heteroatoms. The van der Waals surface area contributed by atoms with Crippen LogP contribution in [0.5, 0.6) is 0 Å². The van der Waals surface area contributed by atoms with Crippen LogP contribution in [0.2, 0.25) is 0 Å². The number of likely N-dealkylation sites (N-methyl/N-ethyl adjacent to an activating group) is 1. The molecule has 0 saturated carbocycles. The number of nitrogens with zero attached hydrogens (tertiary/aromatic N) is 1. The van der Waals surface area contributed by atoms with Gasteiger partial charge < -0.3 is 5.11 Å². The van der Waals surface area contributed by atoms with Gasteiger partial charge in [-0.2, -0.15) is 12.7 Å². The Balaban J connectivity index is 4.20. The van der Waals surface area contributed by atoms with E-state index >= 15 is 0 Å². The molecule has 13 heavy (non-hydrogen) atoms. The van der Waals surface area contributed by atoms with Crippen molar-refractivity contribution in [1.82, 2.24) is 9.03 Å². The number of carboxylic acid groups (broad SMARTS) is 1. The molecule has 0 unspecified atom stereocenters. The minimum absolute atomic E-state index is 0.312. The Morgan fingerprint density at radius 1 is 1.54 bits per heavy atom. The van der Waals surface area contributed by atoms with Crippen LogP contribution in [0.3, 0.4) is 0 Å². The summed E-state index contributed by atoms with van der Waals surface area (Å²) in [6.45, 7) is 1.60. The number of nitrogens with one attached hydrogen (secondary N) is 1. The van der Waals surface area contributed by atoms with E-state index in [1.165, 1.54) is 7.05 Å². The third kappa shape index (κ3) is 4.81. The van der Waals surface area contributed by atoms with Crippen LogP contribution in [0, 0.1) is 0 Å². The molecule has 0 radical (unpaired) electrons. The fourth-order valence-corrected chi connectivity index (χ4v) is 1.58. The van der Waals surface area contributed by atoms with E-state index in [2.05, 4.69) is 4.72 Å². The summed E-state index contributed by atoms with van der Waals surface area (Å²) in [4.78, 5) is 10.2. The second-order valence-corrected chi connectivity index (χ2v) is 4.41. The summed E-state index contributed by atoms with van der Waals surface area (Å²) in [5.74, 6) is -1.18. The molecule has 0 heterocycles. The van der Waals surface area contributed by atoms with Gasteiger partial charge in [0.05, 0.1) is 0 Å². The van der Waals surface area contributed by atoms with Gasteiger partial charge >= 0.3 is 5.97 Å². The van der Waals surface area contributed by atoms with Crippen molar-refractivity contribution in [2.75, 3.05) is 20.1 Å². The molecule has 0 fully saturated rings. The van der Waals surface area contributed by atoms with Crippen LogP contribution < -0.4 is 4.72 Å². The summed E-state index contributed by atoms with van der Waals surface area (Å²) in [5, 5.41) is 8.34. The Morgan fingerprint density at radius 3 is 2.46 bits per heavy atom. The molecule has 0 aromatic carbocycles. The first-order chi connectivity index (χ1) is 5.90. The van der Waals surface area contributed by atoms with Crippen molar-refractivity contribution in [2.45, 2.75) is 13.3 Å². The topological polar surface area (TPSA) is 86.7 Å². The Hall–Kier alpha value is -0.660. The lowest BCUT2D eigenvalue weighted by atomic mass is 10.5. The van der Waals surface area contributed by atoms with Gasteiger partial charge in [-0.25, -0.2) is 4.72 Å². The van der Waals surface area contributed by atoms with Gasteiger partial charge in [0.25, 0.3) is 10.2 Å². The molecule has 0 bridgehead atoms. The van der Waals surface area contributed by atoms with Crippen LogP contribution in [0.25, 0.3) is 0 Å². The van der Waals surface area contributed by atoms with Crippen molar-refractivity contribution >= 4 is 16.2 Å². The zero-order chi connectivity index (χ0) is 10.5. The Kier molecular flexibility index (Phi) is 4.89. The fourth-order valence-electron chi connectivity index (χ4n) is 0.617. The summed E-state index contributed by atoms with van der Waals surface area (Å²) >= 11 is 0. The molecule has 0 aliphatic rings. The van der Waals surface area contributed by atoms with Gasteiger partial charge in [-0.15, -0.1) is 0 Å². The van der Waals surface area contributed by atoms with E-state index < -0.39 is 22.7 Å². The van der Waals surface area contributed by atoms with Crippen LogP contribution in [-0.2, 0) is 15.0 Å². The van der Waals surface area contributed by atoms with Crippen molar-refractivity contribution in [3.63, 3.8) is 0 Å². The van der Waals surface area contributed by atoms with E-state index in [9.17, 15) is 13.2 Å². The molecule has 0 aromatic rings. The first-order valence-electron chi connectivity index (χ1n) is 3.83. The Bertz CT molecular complexity index is 262. The number of rotatable bonds is 6. The van der Waals surface area contributed by atoms with Gasteiger partial charge in [0.2, 0.25) is 0 Å². The first kappa shape index (κ1) is 12.3. The zero-order valence-electron chi connectivity index (χ0n) is 7.65. The average molecular weight is 210 g/mol. The minimum Gasteiger partial charge on any atom is -0.480 e. The van der Waals surface area contributed by atoms with Crippen LogP contribution >= 0.6 is 0 Å². The largest absolute Gasteiger partial charge is 0.480 e. The third-order valence-corrected chi connectivity index (χ3v) is 2.82. The standard InChI is InChI=1S/C6H14N2O4S/c1-3-4-7-13(11,12)8(2)5-6(9)10/h7H,3-5H2,1-2H3,(H,9,10). The van der Waals surface area contributed by atoms with E-state index in [-0.39, 0.29) is 0 Å². The van der Waals surface area contributed by atoms with Gasteiger partial charge in [0, 0.05) is 13.6 Å². The van der Waals surface area contributed by atoms with Gasteiger partial charge in [-0.05, 0) is 6.42 Å². The van der Waals surface area contributed by atoms with Crippen molar-refractivity contribution < 1.29 is 18.3 Å². The van der Waals surface area contributed by atoms with Crippen molar-refractivity contribution in [3.8, 4) is 0 Å². The van der Waals surface area contributed by atoms with Crippen LogP contribution in [0.1, 0.15) is 13.3 Å². The van der Waals surface area contributed by atoms with E-state index in [1.54, 1.807) is 0 Å². The molecule has 6 nitrogen and oxygen atoms in total. The highest BCUT2D eigenvalue weighted by atomic mass is 32.2. The first-order valence-corrected chi connectivity index (χ1v) is 5.27. The highest BCUT2D eigenvalue weighted by molar-refractivity contribution is 7.87.